The molecule has 0 bridgehead atoms. The van der Waals surface area contributed by atoms with Crippen LogP contribution in [0.15, 0.2) is 78.0 Å². The van der Waals surface area contributed by atoms with Gasteiger partial charge < -0.3 is 10.1 Å². The number of anilines is 1. The van der Waals surface area contributed by atoms with Crippen LogP contribution in [0.4, 0.5) is 5.69 Å². The summed E-state index contributed by atoms with van der Waals surface area (Å²) in [4.78, 5) is 12.7. The van der Waals surface area contributed by atoms with Crippen molar-refractivity contribution < 1.29 is 9.53 Å². The first-order valence-electron chi connectivity index (χ1n) is 11.4. The summed E-state index contributed by atoms with van der Waals surface area (Å²) in [6.07, 6.45) is 1.08. The number of para-hydroxylation sites is 1. The molecule has 0 spiro atoms. The Morgan fingerprint density at radius 2 is 1.77 bits per heavy atom. The van der Waals surface area contributed by atoms with Crippen molar-refractivity contribution in [2.75, 3.05) is 18.2 Å². The molecule has 4 rings (SSSR count). The second-order valence-electron chi connectivity index (χ2n) is 8.09. The summed E-state index contributed by atoms with van der Waals surface area (Å²) in [6, 6.07) is 23.1. The molecule has 0 fully saturated rings. The summed E-state index contributed by atoms with van der Waals surface area (Å²) in [5.41, 5.74) is 3.68. The Kier molecular flexibility index (Phi) is 8.10. The van der Waals surface area contributed by atoms with E-state index in [0.717, 1.165) is 23.4 Å². The molecule has 0 aliphatic carbocycles. The van der Waals surface area contributed by atoms with Gasteiger partial charge in [-0.2, -0.15) is 0 Å². The van der Waals surface area contributed by atoms with Gasteiger partial charge in [-0.15, -0.1) is 10.2 Å². The van der Waals surface area contributed by atoms with E-state index in [0.29, 0.717) is 27.7 Å². The van der Waals surface area contributed by atoms with E-state index < -0.39 is 0 Å². The van der Waals surface area contributed by atoms with Crippen LogP contribution in [-0.4, -0.2) is 33.5 Å². The summed E-state index contributed by atoms with van der Waals surface area (Å²) in [5.74, 6) is 1.87. The lowest BCUT2D eigenvalue weighted by Gasteiger charge is -2.13. The number of aromatic nitrogens is 3. The van der Waals surface area contributed by atoms with Crippen LogP contribution in [0.5, 0.6) is 5.75 Å². The molecule has 1 heterocycles. The predicted molar refractivity (Wildman–Crippen MR) is 143 cm³/mol. The summed E-state index contributed by atoms with van der Waals surface area (Å²) in [6.45, 7) is 4.36. The highest BCUT2D eigenvalue weighted by atomic mass is 35.5. The molecular weight excluding hydrogens is 480 g/mol. The van der Waals surface area contributed by atoms with E-state index >= 15 is 0 Å². The number of carbonyl (C=O) groups is 1. The van der Waals surface area contributed by atoms with E-state index in [-0.39, 0.29) is 11.7 Å². The second kappa shape index (κ2) is 11.4. The van der Waals surface area contributed by atoms with Crippen molar-refractivity contribution in [1.82, 2.24) is 14.8 Å². The lowest BCUT2D eigenvalue weighted by atomic mass is 9.99. The first kappa shape index (κ1) is 24.8. The van der Waals surface area contributed by atoms with Crippen LogP contribution >= 0.6 is 23.4 Å². The van der Waals surface area contributed by atoms with Gasteiger partial charge in [-0.05, 0) is 66.4 Å². The number of ether oxygens (including phenoxy) is 1. The molecule has 6 nitrogen and oxygen atoms in total. The molecule has 0 saturated carbocycles. The van der Waals surface area contributed by atoms with E-state index in [1.54, 1.807) is 7.11 Å². The molecule has 0 aliphatic heterocycles. The van der Waals surface area contributed by atoms with Crippen LogP contribution in [0.3, 0.4) is 0 Å². The molecule has 1 N–H and O–H groups in total. The highest BCUT2D eigenvalue weighted by Crippen LogP contribution is 2.33. The SMILES string of the molecule is CC[C@@H](C)c1ccc(NC(=O)CSc2nnc(-c3ccccc3OC)n2-c2ccc(Cl)cc2)cc1. The lowest BCUT2D eigenvalue weighted by Crippen LogP contribution is -2.14. The largest absolute Gasteiger partial charge is 0.496 e. The number of benzene rings is 3. The minimum absolute atomic E-state index is 0.115. The van der Waals surface area contributed by atoms with Crippen molar-refractivity contribution in [3.05, 3.63) is 83.4 Å². The first-order valence-corrected chi connectivity index (χ1v) is 12.7. The number of thioether (sulfide) groups is 1. The number of hydrogen-bond donors (Lipinski definition) is 1. The number of amides is 1. The number of carbonyl (C=O) groups excluding carboxylic acids is 1. The maximum Gasteiger partial charge on any atom is 0.234 e. The molecule has 1 aromatic heterocycles. The van der Waals surface area contributed by atoms with E-state index in [1.807, 2.05) is 65.2 Å². The minimum Gasteiger partial charge on any atom is -0.496 e. The van der Waals surface area contributed by atoms with Gasteiger partial charge in [0.25, 0.3) is 0 Å². The molecule has 35 heavy (non-hydrogen) atoms. The lowest BCUT2D eigenvalue weighted by molar-refractivity contribution is -0.113. The van der Waals surface area contributed by atoms with Crippen molar-refractivity contribution >= 4 is 35.0 Å². The Bertz CT molecular complexity index is 1290. The third kappa shape index (κ3) is 5.86. The number of nitrogens with one attached hydrogen (secondary N) is 1. The molecule has 3 aromatic carbocycles. The first-order chi connectivity index (χ1) is 17.0. The molecule has 0 saturated heterocycles. The molecule has 0 radical (unpaired) electrons. The molecule has 4 aromatic rings. The zero-order chi connectivity index (χ0) is 24.8. The van der Waals surface area contributed by atoms with Crippen molar-refractivity contribution in [3.63, 3.8) is 0 Å². The van der Waals surface area contributed by atoms with Crippen molar-refractivity contribution in [2.45, 2.75) is 31.3 Å². The average molecular weight is 507 g/mol. The highest BCUT2D eigenvalue weighted by molar-refractivity contribution is 7.99. The monoisotopic (exact) mass is 506 g/mol. The molecule has 180 valence electrons. The Balaban J connectivity index is 1.56. The smallest absolute Gasteiger partial charge is 0.234 e. The number of methoxy groups -OCH3 is 1. The summed E-state index contributed by atoms with van der Waals surface area (Å²) < 4.78 is 7.45. The van der Waals surface area contributed by atoms with Crippen LogP contribution in [0.1, 0.15) is 31.7 Å². The Hall–Kier alpha value is -3.29. The average Bonchev–Trinajstić information content (AvgIpc) is 3.31. The van der Waals surface area contributed by atoms with Gasteiger partial charge in [-0.25, -0.2) is 0 Å². The van der Waals surface area contributed by atoms with E-state index in [9.17, 15) is 4.79 Å². The highest BCUT2D eigenvalue weighted by Gasteiger charge is 2.20. The summed E-state index contributed by atoms with van der Waals surface area (Å²) >= 11 is 7.43. The Morgan fingerprint density at radius 1 is 1.06 bits per heavy atom. The van der Waals surface area contributed by atoms with Gasteiger partial charge >= 0.3 is 0 Å². The van der Waals surface area contributed by atoms with E-state index in [2.05, 4.69) is 41.5 Å². The van der Waals surface area contributed by atoms with Crippen LogP contribution in [0.2, 0.25) is 5.02 Å². The van der Waals surface area contributed by atoms with Gasteiger partial charge in [0, 0.05) is 16.4 Å². The molecule has 1 amide bonds. The van der Waals surface area contributed by atoms with Gasteiger partial charge in [0.15, 0.2) is 11.0 Å². The van der Waals surface area contributed by atoms with E-state index in [1.165, 1.54) is 17.3 Å². The van der Waals surface area contributed by atoms with Crippen LogP contribution < -0.4 is 10.1 Å². The zero-order valence-corrected chi connectivity index (χ0v) is 21.4. The fraction of sp³-hybridized carbons (Fsp3) is 0.222. The Morgan fingerprint density at radius 3 is 2.46 bits per heavy atom. The Labute approximate surface area is 214 Å². The number of hydrogen-bond acceptors (Lipinski definition) is 5. The predicted octanol–water partition coefficient (Wildman–Crippen LogP) is 6.84. The van der Waals surface area contributed by atoms with E-state index in [4.69, 9.17) is 16.3 Å². The van der Waals surface area contributed by atoms with Crippen molar-refractivity contribution in [2.24, 2.45) is 0 Å². The normalized spacial score (nSPS) is 11.8. The number of halogens is 1. The molecule has 0 aliphatic rings. The fourth-order valence-electron chi connectivity index (χ4n) is 3.65. The van der Waals surface area contributed by atoms with Crippen molar-refractivity contribution in [3.8, 4) is 22.8 Å². The second-order valence-corrected chi connectivity index (χ2v) is 9.47. The van der Waals surface area contributed by atoms with Crippen LogP contribution in [-0.2, 0) is 4.79 Å². The van der Waals surface area contributed by atoms with Gasteiger partial charge in [0.2, 0.25) is 5.91 Å². The topological polar surface area (TPSA) is 69.0 Å². The molecule has 1 atom stereocenters. The van der Waals surface area contributed by atoms with Gasteiger partial charge in [-0.3, -0.25) is 9.36 Å². The third-order valence-corrected chi connectivity index (χ3v) is 6.96. The van der Waals surface area contributed by atoms with Crippen LogP contribution in [0.25, 0.3) is 17.1 Å². The maximum absolute atomic E-state index is 12.7. The third-order valence-electron chi connectivity index (χ3n) is 5.77. The quantitative estimate of drug-likeness (QED) is 0.252. The number of nitrogens with zero attached hydrogens (tertiary/aromatic N) is 3. The maximum atomic E-state index is 12.7. The van der Waals surface area contributed by atoms with Crippen molar-refractivity contribution in [1.29, 1.82) is 0 Å². The fourth-order valence-corrected chi connectivity index (χ4v) is 4.53. The minimum atomic E-state index is -0.115. The summed E-state index contributed by atoms with van der Waals surface area (Å²) in [5, 5.41) is 13.0. The summed E-state index contributed by atoms with van der Waals surface area (Å²) in [7, 11) is 1.62. The van der Waals surface area contributed by atoms with Gasteiger partial charge in [0.05, 0.1) is 18.4 Å². The molecule has 8 heteroatoms. The zero-order valence-electron chi connectivity index (χ0n) is 19.9. The molecule has 0 unspecified atom stereocenters. The van der Waals surface area contributed by atoms with Gasteiger partial charge in [-0.1, -0.05) is 61.5 Å². The van der Waals surface area contributed by atoms with Crippen LogP contribution in [0, 0.1) is 0 Å². The standard InChI is InChI=1S/C27H27ClN4O2S/c1-4-18(2)19-9-13-21(14-10-19)29-25(33)17-35-27-31-30-26(23-7-5-6-8-24(23)34-3)32(27)22-15-11-20(28)12-16-22/h5-16,18H,4,17H2,1-3H3,(H,29,33)/t18-/m1/s1. The number of rotatable bonds is 9. The molecular formula is C27H27ClN4O2S. The van der Waals surface area contributed by atoms with Gasteiger partial charge in [0.1, 0.15) is 5.75 Å².